The van der Waals surface area contributed by atoms with Gasteiger partial charge in [0.25, 0.3) is 5.91 Å². The SMILES string of the molecule is CCCCCCCC(N)Nc1ccccc1C(N)=O. The van der Waals surface area contributed by atoms with E-state index < -0.39 is 5.91 Å². The Bertz CT molecular complexity index is 393. The molecule has 0 saturated carbocycles. The van der Waals surface area contributed by atoms with E-state index in [1.807, 2.05) is 12.1 Å². The molecule has 1 unspecified atom stereocenters. The molecule has 0 saturated heterocycles. The molecule has 0 radical (unpaired) electrons. The maximum Gasteiger partial charge on any atom is 0.250 e. The molecule has 0 heterocycles. The number of amides is 1. The Morgan fingerprint density at radius 2 is 1.89 bits per heavy atom. The number of unbranched alkanes of at least 4 members (excludes halogenated alkanes) is 4. The fraction of sp³-hybridized carbons (Fsp3) is 0.533. The number of anilines is 1. The molecule has 0 aliphatic carbocycles. The molecule has 0 spiro atoms. The van der Waals surface area contributed by atoms with Crippen LogP contribution in [0.25, 0.3) is 0 Å². The van der Waals surface area contributed by atoms with E-state index in [2.05, 4.69) is 12.2 Å². The van der Waals surface area contributed by atoms with E-state index in [0.717, 1.165) is 18.5 Å². The lowest BCUT2D eigenvalue weighted by molar-refractivity contribution is 0.100. The zero-order valence-corrected chi connectivity index (χ0v) is 11.7. The second kappa shape index (κ2) is 8.53. The van der Waals surface area contributed by atoms with Crippen molar-refractivity contribution in [2.24, 2.45) is 11.5 Å². The van der Waals surface area contributed by atoms with Crippen molar-refractivity contribution in [3.63, 3.8) is 0 Å². The second-order valence-corrected chi connectivity index (χ2v) is 4.86. The zero-order valence-electron chi connectivity index (χ0n) is 11.7. The highest BCUT2D eigenvalue weighted by atomic mass is 16.1. The van der Waals surface area contributed by atoms with E-state index in [-0.39, 0.29) is 6.17 Å². The van der Waals surface area contributed by atoms with Crippen molar-refractivity contribution in [1.82, 2.24) is 0 Å². The molecule has 1 aromatic carbocycles. The van der Waals surface area contributed by atoms with Crippen LogP contribution >= 0.6 is 0 Å². The summed E-state index contributed by atoms with van der Waals surface area (Å²) in [5, 5.41) is 3.16. The van der Waals surface area contributed by atoms with Gasteiger partial charge in [0, 0.05) is 5.69 Å². The fourth-order valence-electron chi connectivity index (χ4n) is 2.06. The average molecular weight is 263 g/mol. The molecule has 1 atom stereocenters. The Balaban J connectivity index is 2.39. The number of primary amides is 1. The second-order valence-electron chi connectivity index (χ2n) is 4.86. The highest BCUT2D eigenvalue weighted by Crippen LogP contribution is 2.16. The van der Waals surface area contributed by atoms with E-state index in [4.69, 9.17) is 11.5 Å². The van der Waals surface area contributed by atoms with E-state index >= 15 is 0 Å². The van der Waals surface area contributed by atoms with Crippen molar-refractivity contribution in [3.05, 3.63) is 29.8 Å². The number of hydrogen-bond acceptors (Lipinski definition) is 3. The van der Waals surface area contributed by atoms with Crippen LogP contribution in [0.4, 0.5) is 5.69 Å². The van der Waals surface area contributed by atoms with Gasteiger partial charge in [-0.2, -0.15) is 0 Å². The largest absolute Gasteiger partial charge is 0.369 e. The van der Waals surface area contributed by atoms with Gasteiger partial charge in [-0.15, -0.1) is 0 Å². The molecule has 1 rings (SSSR count). The first kappa shape index (κ1) is 15.5. The molecule has 19 heavy (non-hydrogen) atoms. The Hall–Kier alpha value is -1.55. The van der Waals surface area contributed by atoms with Gasteiger partial charge in [0.05, 0.1) is 11.7 Å². The maximum absolute atomic E-state index is 11.3. The van der Waals surface area contributed by atoms with Crippen molar-refractivity contribution < 1.29 is 4.79 Å². The van der Waals surface area contributed by atoms with Gasteiger partial charge in [-0.1, -0.05) is 51.2 Å². The summed E-state index contributed by atoms with van der Waals surface area (Å²) in [6.45, 7) is 2.20. The summed E-state index contributed by atoms with van der Waals surface area (Å²) in [6.07, 6.45) is 6.87. The number of benzene rings is 1. The van der Waals surface area contributed by atoms with Crippen molar-refractivity contribution >= 4 is 11.6 Å². The van der Waals surface area contributed by atoms with Crippen LogP contribution in [0.1, 0.15) is 55.8 Å². The van der Waals surface area contributed by atoms with Gasteiger partial charge in [0.2, 0.25) is 0 Å². The molecule has 0 aliphatic heterocycles. The lowest BCUT2D eigenvalue weighted by Crippen LogP contribution is -2.30. The van der Waals surface area contributed by atoms with E-state index in [1.54, 1.807) is 12.1 Å². The van der Waals surface area contributed by atoms with Crippen molar-refractivity contribution in [1.29, 1.82) is 0 Å². The third kappa shape index (κ3) is 5.75. The van der Waals surface area contributed by atoms with Gasteiger partial charge < -0.3 is 16.8 Å². The molecule has 4 heteroatoms. The quantitative estimate of drug-likeness (QED) is 0.473. The van der Waals surface area contributed by atoms with Crippen LogP contribution in [0.5, 0.6) is 0 Å². The van der Waals surface area contributed by atoms with Gasteiger partial charge >= 0.3 is 0 Å². The van der Waals surface area contributed by atoms with Crippen LogP contribution < -0.4 is 16.8 Å². The smallest absolute Gasteiger partial charge is 0.250 e. The highest BCUT2D eigenvalue weighted by Gasteiger charge is 2.09. The predicted molar refractivity (Wildman–Crippen MR) is 79.9 cm³/mol. The van der Waals surface area contributed by atoms with Gasteiger partial charge in [0.1, 0.15) is 0 Å². The topological polar surface area (TPSA) is 81.1 Å². The molecule has 1 aromatic rings. The number of nitrogens with one attached hydrogen (secondary N) is 1. The molecular weight excluding hydrogens is 238 g/mol. The fourth-order valence-corrected chi connectivity index (χ4v) is 2.06. The van der Waals surface area contributed by atoms with Crippen LogP contribution in [0, 0.1) is 0 Å². The van der Waals surface area contributed by atoms with E-state index in [1.165, 1.54) is 25.7 Å². The monoisotopic (exact) mass is 263 g/mol. The lowest BCUT2D eigenvalue weighted by Gasteiger charge is -2.17. The summed E-state index contributed by atoms with van der Waals surface area (Å²) in [5.74, 6) is -0.432. The van der Waals surface area contributed by atoms with Crippen LogP contribution in [-0.2, 0) is 0 Å². The van der Waals surface area contributed by atoms with Crippen LogP contribution in [0.2, 0.25) is 0 Å². The minimum Gasteiger partial charge on any atom is -0.369 e. The van der Waals surface area contributed by atoms with E-state index in [0.29, 0.717) is 5.56 Å². The normalized spacial score (nSPS) is 12.1. The summed E-state index contributed by atoms with van der Waals surface area (Å²) in [7, 11) is 0. The first-order valence-electron chi connectivity index (χ1n) is 7.06. The average Bonchev–Trinajstić information content (AvgIpc) is 2.39. The minimum absolute atomic E-state index is 0.137. The van der Waals surface area contributed by atoms with Crippen molar-refractivity contribution in [2.75, 3.05) is 5.32 Å². The first-order valence-corrected chi connectivity index (χ1v) is 7.06. The van der Waals surface area contributed by atoms with Gasteiger partial charge in [0.15, 0.2) is 0 Å². The molecule has 106 valence electrons. The minimum atomic E-state index is -0.432. The van der Waals surface area contributed by atoms with Crippen LogP contribution in [-0.4, -0.2) is 12.1 Å². The van der Waals surface area contributed by atoms with Crippen LogP contribution in [0.3, 0.4) is 0 Å². The van der Waals surface area contributed by atoms with Gasteiger partial charge in [-0.3, -0.25) is 4.79 Å². The van der Waals surface area contributed by atoms with E-state index in [9.17, 15) is 4.79 Å². The Kier molecular flexibility index (Phi) is 6.97. The predicted octanol–water partition coefficient (Wildman–Crippen LogP) is 2.84. The maximum atomic E-state index is 11.3. The summed E-state index contributed by atoms with van der Waals surface area (Å²) in [4.78, 5) is 11.3. The summed E-state index contributed by atoms with van der Waals surface area (Å²) < 4.78 is 0. The summed E-state index contributed by atoms with van der Waals surface area (Å²) in [6, 6.07) is 7.19. The van der Waals surface area contributed by atoms with Crippen molar-refractivity contribution in [2.45, 2.75) is 51.6 Å². The standard InChI is InChI=1S/C15H25N3O/c1-2-3-4-5-6-11-14(16)18-13-10-8-7-9-12(13)15(17)19/h7-10,14,18H,2-6,11,16H2,1H3,(H2,17,19). The lowest BCUT2D eigenvalue weighted by atomic mass is 10.1. The number of carbonyl (C=O) groups is 1. The number of rotatable bonds is 9. The summed E-state index contributed by atoms with van der Waals surface area (Å²) >= 11 is 0. The number of hydrogen-bond donors (Lipinski definition) is 3. The Morgan fingerprint density at radius 1 is 1.21 bits per heavy atom. The highest BCUT2D eigenvalue weighted by molar-refractivity contribution is 5.98. The summed E-state index contributed by atoms with van der Waals surface area (Å²) in [5.41, 5.74) is 12.6. The van der Waals surface area contributed by atoms with Gasteiger partial charge in [-0.05, 0) is 18.6 Å². The Morgan fingerprint density at radius 3 is 2.58 bits per heavy atom. The number of para-hydroxylation sites is 1. The number of carbonyl (C=O) groups excluding carboxylic acids is 1. The van der Waals surface area contributed by atoms with Crippen molar-refractivity contribution in [3.8, 4) is 0 Å². The third-order valence-electron chi connectivity index (χ3n) is 3.15. The molecule has 0 bridgehead atoms. The Labute approximate surface area is 115 Å². The van der Waals surface area contributed by atoms with Gasteiger partial charge in [-0.25, -0.2) is 0 Å². The molecule has 0 aliphatic rings. The molecule has 0 aromatic heterocycles. The molecule has 0 fully saturated rings. The first-order chi connectivity index (χ1) is 9.15. The zero-order chi connectivity index (χ0) is 14.1. The molecule has 5 N–H and O–H groups in total. The molecule has 4 nitrogen and oxygen atoms in total. The number of nitrogens with two attached hydrogens (primary N) is 2. The third-order valence-corrected chi connectivity index (χ3v) is 3.15. The molecular formula is C15H25N3O. The van der Waals surface area contributed by atoms with Crippen LogP contribution in [0.15, 0.2) is 24.3 Å². The molecule has 1 amide bonds.